The fourth-order valence-electron chi connectivity index (χ4n) is 2.17. The monoisotopic (exact) mass is 253 g/mol. The summed E-state index contributed by atoms with van der Waals surface area (Å²) in [4.78, 5) is 9.31. The van der Waals surface area contributed by atoms with Gasteiger partial charge in [0.15, 0.2) is 0 Å². The van der Waals surface area contributed by atoms with Crippen LogP contribution in [-0.4, -0.2) is 47.0 Å². The van der Waals surface area contributed by atoms with E-state index in [0.717, 1.165) is 38.4 Å². The Bertz CT molecular complexity index is 342. The molecular weight excluding hydrogens is 234 g/mol. The van der Waals surface area contributed by atoms with Crippen LogP contribution in [0.1, 0.15) is 19.5 Å². The van der Waals surface area contributed by atoms with Crippen molar-refractivity contribution in [2.75, 3.05) is 26.2 Å². The third-order valence-electron chi connectivity index (χ3n) is 3.31. The first-order chi connectivity index (χ1) is 8.15. The van der Waals surface area contributed by atoms with Gasteiger partial charge in [-0.2, -0.15) is 0 Å². The number of hydrogen-bond acceptors (Lipinski definition) is 3. The SMILES string of the molecule is CC(C)N1CCN(Cc2ccc(Cl)cn2)CC1. The number of rotatable bonds is 3. The Morgan fingerprint density at radius 2 is 1.94 bits per heavy atom. The van der Waals surface area contributed by atoms with Crippen LogP contribution in [0.4, 0.5) is 0 Å². The van der Waals surface area contributed by atoms with Gasteiger partial charge in [0.2, 0.25) is 0 Å². The second-order valence-corrected chi connectivity index (χ2v) is 5.31. The average Bonchev–Trinajstić information content (AvgIpc) is 2.33. The van der Waals surface area contributed by atoms with Crippen molar-refractivity contribution in [1.82, 2.24) is 14.8 Å². The lowest BCUT2D eigenvalue weighted by Gasteiger charge is -2.36. The van der Waals surface area contributed by atoms with E-state index in [9.17, 15) is 0 Å². The molecule has 1 aromatic rings. The van der Waals surface area contributed by atoms with Gasteiger partial charge in [-0.15, -0.1) is 0 Å². The molecule has 0 radical (unpaired) electrons. The summed E-state index contributed by atoms with van der Waals surface area (Å²) < 4.78 is 0. The Balaban J connectivity index is 1.84. The lowest BCUT2D eigenvalue weighted by Crippen LogP contribution is -2.48. The van der Waals surface area contributed by atoms with Crippen LogP contribution in [0.2, 0.25) is 5.02 Å². The second kappa shape index (κ2) is 5.80. The molecule has 0 aliphatic carbocycles. The minimum atomic E-state index is 0.658. The molecule has 0 atom stereocenters. The zero-order valence-electron chi connectivity index (χ0n) is 10.6. The number of pyridine rings is 1. The summed E-state index contributed by atoms with van der Waals surface area (Å²) in [5.74, 6) is 0. The predicted octanol–water partition coefficient (Wildman–Crippen LogP) is 2.26. The van der Waals surface area contributed by atoms with Crippen molar-refractivity contribution >= 4 is 11.6 Å². The number of hydrogen-bond donors (Lipinski definition) is 0. The molecule has 0 saturated carbocycles. The maximum Gasteiger partial charge on any atom is 0.0589 e. The van der Waals surface area contributed by atoms with Crippen LogP contribution in [0, 0.1) is 0 Å². The highest BCUT2D eigenvalue weighted by atomic mass is 35.5. The minimum Gasteiger partial charge on any atom is -0.298 e. The lowest BCUT2D eigenvalue weighted by molar-refractivity contribution is 0.103. The molecule has 94 valence electrons. The van der Waals surface area contributed by atoms with Gasteiger partial charge in [0.1, 0.15) is 0 Å². The Kier molecular flexibility index (Phi) is 4.37. The van der Waals surface area contributed by atoms with Crippen molar-refractivity contribution in [3.8, 4) is 0 Å². The van der Waals surface area contributed by atoms with E-state index < -0.39 is 0 Å². The summed E-state index contributed by atoms with van der Waals surface area (Å²) in [6.45, 7) is 10.0. The zero-order valence-corrected chi connectivity index (χ0v) is 11.3. The first kappa shape index (κ1) is 12.8. The average molecular weight is 254 g/mol. The standard InChI is InChI=1S/C13H20ClN3/c1-11(2)17-7-5-16(6-8-17)10-13-4-3-12(14)9-15-13/h3-4,9,11H,5-8,10H2,1-2H3. The van der Waals surface area contributed by atoms with E-state index in [-0.39, 0.29) is 0 Å². The molecule has 1 saturated heterocycles. The van der Waals surface area contributed by atoms with E-state index in [1.54, 1.807) is 6.20 Å². The maximum atomic E-state index is 5.83. The fourth-order valence-corrected chi connectivity index (χ4v) is 2.28. The Morgan fingerprint density at radius 3 is 2.47 bits per heavy atom. The first-order valence-electron chi connectivity index (χ1n) is 6.22. The van der Waals surface area contributed by atoms with E-state index in [1.807, 2.05) is 12.1 Å². The zero-order chi connectivity index (χ0) is 12.3. The van der Waals surface area contributed by atoms with Crippen LogP contribution in [0.5, 0.6) is 0 Å². The fraction of sp³-hybridized carbons (Fsp3) is 0.615. The van der Waals surface area contributed by atoms with Gasteiger partial charge < -0.3 is 0 Å². The lowest BCUT2D eigenvalue weighted by atomic mass is 10.2. The highest BCUT2D eigenvalue weighted by Crippen LogP contribution is 2.11. The molecule has 0 unspecified atom stereocenters. The van der Waals surface area contributed by atoms with Crippen molar-refractivity contribution in [2.24, 2.45) is 0 Å². The molecule has 4 heteroatoms. The maximum absolute atomic E-state index is 5.83. The molecule has 0 bridgehead atoms. The summed E-state index contributed by atoms with van der Waals surface area (Å²) in [7, 11) is 0. The predicted molar refractivity (Wildman–Crippen MR) is 71.2 cm³/mol. The molecule has 2 heterocycles. The molecule has 17 heavy (non-hydrogen) atoms. The van der Waals surface area contributed by atoms with E-state index in [0.29, 0.717) is 11.1 Å². The molecular formula is C13H20ClN3. The van der Waals surface area contributed by atoms with Gasteiger partial charge in [-0.3, -0.25) is 14.8 Å². The van der Waals surface area contributed by atoms with Crippen LogP contribution in [0.15, 0.2) is 18.3 Å². The minimum absolute atomic E-state index is 0.658. The normalized spacial score (nSPS) is 18.8. The third kappa shape index (κ3) is 3.66. The van der Waals surface area contributed by atoms with Crippen LogP contribution in [0.25, 0.3) is 0 Å². The number of piperazine rings is 1. The van der Waals surface area contributed by atoms with Gasteiger partial charge in [0.05, 0.1) is 10.7 Å². The van der Waals surface area contributed by atoms with Crippen molar-refractivity contribution in [3.05, 3.63) is 29.0 Å². The Hall–Kier alpha value is -0.640. The highest BCUT2D eigenvalue weighted by molar-refractivity contribution is 6.30. The summed E-state index contributed by atoms with van der Waals surface area (Å²) in [5, 5.41) is 0.707. The summed E-state index contributed by atoms with van der Waals surface area (Å²) >= 11 is 5.83. The van der Waals surface area contributed by atoms with Crippen molar-refractivity contribution in [3.63, 3.8) is 0 Å². The largest absolute Gasteiger partial charge is 0.298 e. The molecule has 0 N–H and O–H groups in total. The summed E-state index contributed by atoms with van der Waals surface area (Å²) in [5.41, 5.74) is 1.10. The smallest absolute Gasteiger partial charge is 0.0589 e. The molecule has 1 fully saturated rings. The summed E-state index contributed by atoms with van der Waals surface area (Å²) in [6, 6.07) is 4.58. The van der Waals surface area contributed by atoms with Crippen LogP contribution in [0.3, 0.4) is 0 Å². The molecule has 1 aromatic heterocycles. The van der Waals surface area contributed by atoms with Gasteiger partial charge in [-0.25, -0.2) is 0 Å². The Labute approximate surface area is 108 Å². The van der Waals surface area contributed by atoms with E-state index in [4.69, 9.17) is 11.6 Å². The van der Waals surface area contributed by atoms with Crippen LogP contribution in [-0.2, 0) is 6.54 Å². The van der Waals surface area contributed by atoms with Crippen molar-refractivity contribution in [2.45, 2.75) is 26.4 Å². The molecule has 0 aromatic carbocycles. The van der Waals surface area contributed by atoms with Gasteiger partial charge in [0.25, 0.3) is 0 Å². The van der Waals surface area contributed by atoms with Crippen molar-refractivity contribution < 1.29 is 0 Å². The van der Waals surface area contributed by atoms with Gasteiger partial charge in [-0.1, -0.05) is 11.6 Å². The van der Waals surface area contributed by atoms with E-state index in [1.165, 1.54) is 0 Å². The number of aromatic nitrogens is 1. The number of halogens is 1. The number of nitrogens with zero attached hydrogens (tertiary/aromatic N) is 3. The molecule has 1 aliphatic heterocycles. The Morgan fingerprint density at radius 1 is 1.24 bits per heavy atom. The van der Waals surface area contributed by atoms with Crippen molar-refractivity contribution in [1.29, 1.82) is 0 Å². The van der Waals surface area contributed by atoms with Gasteiger partial charge >= 0.3 is 0 Å². The highest BCUT2D eigenvalue weighted by Gasteiger charge is 2.18. The molecule has 3 nitrogen and oxygen atoms in total. The summed E-state index contributed by atoms with van der Waals surface area (Å²) in [6.07, 6.45) is 1.72. The van der Waals surface area contributed by atoms with Crippen LogP contribution < -0.4 is 0 Å². The quantitative estimate of drug-likeness (QED) is 0.824. The molecule has 0 amide bonds. The third-order valence-corrected chi connectivity index (χ3v) is 3.54. The van der Waals surface area contributed by atoms with Gasteiger partial charge in [0, 0.05) is 45.0 Å². The second-order valence-electron chi connectivity index (χ2n) is 4.87. The molecule has 1 aliphatic rings. The topological polar surface area (TPSA) is 19.4 Å². The molecule has 2 rings (SSSR count). The van der Waals surface area contributed by atoms with Gasteiger partial charge in [-0.05, 0) is 26.0 Å². The molecule has 0 spiro atoms. The first-order valence-corrected chi connectivity index (χ1v) is 6.60. The van der Waals surface area contributed by atoms with E-state index in [2.05, 4.69) is 28.6 Å². The van der Waals surface area contributed by atoms with Crippen LogP contribution >= 0.6 is 11.6 Å². The van der Waals surface area contributed by atoms with E-state index >= 15 is 0 Å².